The third-order valence-electron chi connectivity index (χ3n) is 2.35. The van der Waals surface area contributed by atoms with Gasteiger partial charge in [0.15, 0.2) is 10.3 Å². The maximum Gasteiger partial charge on any atom is 0.239 e. The molecule has 1 atom stereocenters. The topological polar surface area (TPSA) is 59.8 Å². The average Bonchev–Trinajstić information content (AvgIpc) is 2.98. The summed E-state index contributed by atoms with van der Waals surface area (Å²) in [5.41, 5.74) is 0. The number of carbonyl (C=O) groups is 1. The van der Waals surface area contributed by atoms with Crippen molar-refractivity contribution in [3.8, 4) is 0 Å². The number of imidazole rings is 1. The van der Waals surface area contributed by atoms with Crippen molar-refractivity contribution in [1.29, 1.82) is 0 Å². The fourth-order valence-corrected chi connectivity index (χ4v) is 2.85. The zero-order valence-electron chi connectivity index (χ0n) is 10.2. The summed E-state index contributed by atoms with van der Waals surface area (Å²) >= 11 is 2.89. The number of nitrogens with one attached hydrogen (secondary N) is 1. The van der Waals surface area contributed by atoms with Crippen LogP contribution in [0.25, 0.3) is 0 Å². The van der Waals surface area contributed by atoms with Crippen LogP contribution in [-0.2, 0) is 11.8 Å². The summed E-state index contributed by atoms with van der Waals surface area (Å²) in [7, 11) is 1.92. The van der Waals surface area contributed by atoms with Crippen LogP contribution in [0.5, 0.6) is 0 Å². The van der Waals surface area contributed by atoms with Gasteiger partial charge < -0.3 is 9.88 Å². The van der Waals surface area contributed by atoms with Gasteiger partial charge in [0.2, 0.25) is 5.91 Å². The van der Waals surface area contributed by atoms with Gasteiger partial charge in [-0.2, -0.15) is 0 Å². The summed E-state index contributed by atoms with van der Waals surface area (Å²) < 4.78 is 1.91. The molecule has 0 aliphatic heterocycles. The molecule has 96 valence electrons. The number of carbonyl (C=O) groups excluding carboxylic acids is 1. The number of aryl methyl sites for hydroxylation is 1. The highest BCUT2D eigenvalue weighted by molar-refractivity contribution is 8.00. The number of nitrogens with zero attached hydrogens (tertiary/aromatic N) is 3. The van der Waals surface area contributed by atoms with E-state index < -0.39 is 0 Å². The van der Waals surface area contributed by atoms with E-state index in [9.17, 15) is 4.79 Å². The molecule has 0 bridgehead atoms. The van der Waals surface area contributed by atoms with Crippen molar-refractivity contribution in [3.05, 3.63) is 24.0 Å². The molecule has 7 heteroatoms. The van der Waals surface area contributed by atoms with E-state index in [0.717, 1.165) is 11.6 Å². The average molecular weight is 282 g/mol. The first kappa shape index (κ1) is 13.1. The number of anilines is 1. The predicted molar refractivity (Wildman–Crippen MR) is 73.9 cm³/mol. The minimum absolute atomic E-state index is 0.0274. The van der Waals surface area contributed by atoms with Crippen molar-refractivity contribution < 1.29 is 4.79 Å². The largest absolute Gasteiger partial charge is 0.329 e. The lowest BCUT2D eigenvalue weighted by Gasteiger charge is -2.12. The Hall–Kier alpha value is -1.34. The Morgan fingerprint density at radius 2 is 2.39 bits per heavy atom. The molecule has 0 aliphatic carbocycles. The van der Waals surface area contributed by atoms with Crippen molar-refractivity contribution in [3.63, 3.8) is 0 Å². The fraction of sp³-hybridized carbons (Fsp3) is 0.364. The van der Waals surface area contributed by atoms with Crippen LogP contribution in [0.1, 0.15) is 13.3 Å². The van der Waals surface area contributed by atoms with Gasteiger partial charge in [0.1, 0.15) is 0 Å². The van der Waals surface area contributed by atoms with Crippen molar-refractivity contribution in [2.24, 2.45) is 7.05 Å². The lowest BCUT2D eigenvalue weighted by atomic mass is 10.3. The van der Waals surface area contributed by atoms with Crippen LogP contribution in [-0.4, -0.2) is 25.7 Å². The van der Waals surface area contributed by atoms with Gasteiger partial charge in [-0.05, 0) is 6.42 Å². The Morgan fingerprint density at radius 1 is 1.56 bits per heavy atom. The molecule has 5 nitrogen and oxygen atoms in total. The van der Waals surface area contributed by atoms with Crippen molar-refractivity contribution in [2.75, 3.05) is 5.32 Å². The monoisotopic (exact) mass is 282 g/mol. The SMILES string of the molecule is CCC(Sc1nccn1C)C(=O)Nc1nccs1. The highest BCUT2D eigenvalue weighted by Crippen LogP contribution is 2.24. The zero-order chi connectivity index (χ0) is 13.0. The molecule has 0 saturated heterocycles. The third kappa shape index (κ3) is 3.11. The molecule has 0 aliphatic rings. The van der Waals surface area contributed by atoms with Gasteiger partial charge in [0, 0.05) is 31.0 Å². The fourth-order valence-electron chi connectivity index (χ4n) is 1.39. The number of hydrogen-bond acceptors (Lipinski definition) is 5. The van der Waals surface area contributed by atoms with E-state index in [1.165, 1.54) is 23.1 Å². The number of rotatable bonds is 5. The predicted octanol–water partition coefficient (Wildman–Crippen LogP) is 2.39. The highest BCUT2D eigenvalue weighted by Gasteiger charge is 2.20. The summed E-state index contributed by atoms with van der Waals surface area (Å²) in [5.74, 6) is -0.0274. The van der Waals surface area contributed by atoms with Crippen LogP contribution in [0.2, 0.25) is 0 Å². The van der Waals surface area contributed by atoms with Gasteiger partial charge in [-0.15, -0.1) is 11.3 Å². The number of amides is 1. The van der Waals surface area contributed by atoms with E-state index in [0.29, 0.717) is 5.13 Å². The van der Waals surface area contributed by atoms with Crippen molar-refractivity contribution in [1.82, 2.24) is 14.5 Å². The van der Waals surface area contributed by atoms with Gasteiger partial charge in [0.05, 0.1) is 5.25 Å². The molecular weight excluding hydrogens is 268 g/mol. The van der Waals surface area contributed by atoms with E-state index in [2.05, 4.69) is 15.3 Å². The summed E-state index contributed by atoms with van der Waals surface area (Å²) in [6.45, 7) is 1.99. The number of hydrogen-bond donors (Lipinski definition) is 1. The molecule has 2 aromatic heterocycles. The molecular formula is C11H14N4OS2. The number of thioether (sulfide) groups is 1. The Bertz CT molecular complexity index is 509. The molecule has 0 saturated carbocycles. The van der Waals surface area contributed by atoms with E-state index in [4.69, 9.17) is 0 Å². The second-order valence-electron chi connectivity index (χ2n) is 3.66. The van der Waals surface area contributed by atoms with Crippen LogP contribution in [0.15, 0.2) is 29.1 Å². The van der Waals surface area contributed by atoms with E-state index in [1.54, 1.807) is 12.4 Å². The second-order valence-corrected chi connectivity index (χ2v) is 5.73. The summed E-state index contributed by atoms with van der Waals surface area (Å²) in [4.78, 5) is 20.3. The maximum atomic E-state index is 12.1. The molecule has 0 aromatic carbocycles. The second kappa shape index (κ2) is 6.01. The molecule has 2 rings (SSSR count). The molecule has 0 radical (unpaired) electrons. The molecule has 0 spiro atoms. The van der Waals surface area contributed by atoms with E-state index >= 15 is 0 Å². The third-order valence-corrected chi connectivity index (χ3v) is 4.47. The van der Waals surface area contributed by atoms with Gasteiger partial charge in [0.25, 0.3) is 0 Å². The standard InChI is InChI=1S/C11H14N4OS2/c1-3-8(18-11-13-4-6-15(11)2)9(16)14-10-12-5-7-17-10/h4-8H,3H2,1-2H3,(H,12,14,16). The minimum atomic E-state index is -0.157. The summed E-state index contributed by atoms with van der Waals surface area (Å²) in [6, 6.07) is 0. The van der Waals surface area contributed by atoms with Crippen LogP contribution >= 0.6 is 23.1 Å². The normalized spacial score (nSPS) is 12.3. The lowest BCUT2D eigenvalue weighted by molar-refractivity contribution is -0.115. The smallest absolute Gasteiger partial charge is 0.239 e. The van der Waals surface area contributed by atoms with E-state index in [-0.39, 0.29) is 11.2 Å². The van der Waals surface area contributed by atoms with Crippen LogP contribution < -0.4 is 5.32 Å². The van der Waals surface area contributed by atoms with Crippen LogP contribution in [0.3, 0.4) is 0 Å². The molecule has 1 N–H and O–H groups in total. The Morgan fingerprint density at radius 3 is 2.94 bits per heavy atom. The molecule has 1 amide bonds. The highest BCUT2D eigenvalue weighted by atomic mass is 32.2. The van der Waals surface area contributed by atoms with E-state index in [1.807, 2.05) is 30.1 Å². The molecule has 2 heterocycles. The zero-order valence-corrected chi connectivity index (χ0v) is 11.8. The summed E-state index contributed by atoms with van der Waals surface area (Å²) in [6.07, 6.45) is 6.02. The number of aromatic nitrogens is 3. The molecule has 1 unspecified atom stereocenters. The van der Waals surface area contributed by atoms with Crippen LogP contribution in [0, 0.1) is 0 Å². The van der Waals surface area contributed by atoms with Gasteiger partial charge in [-0.3, -0.25) is 4.79 Å². The van der Waals surface area contributed by atoms with Gasteiger partial charge >= 0.3 is 0 Å². The Balaban J connectivity index is 2.00. The van der Waals surface area contributed by atoms with Gasteiger partial charge in [-0.1, -0.05) is 18.7 Å². The van der Waals surface area contributed by atoms with Crippen molar-refractivity contribution >= 4 is 34.1 Å². The molecule has 0 fully saturated rings. The summed E-state index contributed by atoms with van der Waals surface area (Å²) in [5, 5.41) is 5.98. The number of thiazole rings is 1. The lowest BCUT2D eigenvalue weighted by Crippen LogP contribution is -2.24. The van der Waals surface area contributed by atoms with Crippen LogP contribution in [0.4, 0.5) is 5.13 Å². The molecule has 18 heavy (non-hydrogen) atoms. The van der Waals surface area contributed by atoms with Gasteiger partial charge in [-0.25, -0.2) is 9.97 Å². The first-order valence-corrected chi connectivity index (χ1v) is 7.31. The maximum absolute atomic E-state index is 12.1. The Kier molecular flexibility index (Phi) is 4.38. The Labute approximate surface area is 114 Å². The first-order chi connectivity index (χ1) is 8.70. The molecule has 2 aromatic rings. The minimum Gasteiger partial charge on any atom is -0.329 e. The first-order valence-electron chi connectivity index (χ1n) is 5.55. The quantitative estimate of drug-likeness (QED) is 0.855. The van der Waals surface area contributed by atoms with Crippen molar-refractivity contribution in [2.45, 2.75) is 23.8 Å².